The minimum absolute atomic E-state index is 0.0855. The Morgan fingerprint density at radius 3 is 2.29 bits per heavy atom. The summed E-state index contributed by atoms with van der Waals surface area (Å²) in [6.45, 7) is 2.77. The van der Waals surface area contributed by atoms with Crippen LogP contribution in [0.5, 0.6) is 0 Å². The zero-order valence-electron chi connectivity index (χ0n) is 14.0. The van der Waals surface area contributed by atoms with E-state index in [0.717, 1.165) is 44.3 Å². The first-order valence-corrected chi connectivity index (χ1v) is 10.4. The second kappa shape index (κ2) is 5.85. The summed E-state index contributed by atoms with van der Waals surface area (Å²) >= 11 is 0. The van der Waals surface area contributed by atoms with Gasteiger partial charge in [0.15, 0.2) is 0 Å². The molecule has 5 nitrogen and oxygen atoms in total. The molecule has 1 aliphatic heterocycles. The lowest BCUT2D eigenvalue weighted by molar-refractivity contribution is -0.117. The van der Waals surface area contributed by atoms with Crippen molar-refractivity contribution in [2.45, 2.75) is 62.4 Å². The molecule has 1 atom stereocenters. The highest BCUT2D eigenvalue weighted by Gasteiger charge is 2.45. The fraction of sp³-hybridized carbons (Fsp3) is 0.611. The Hall–Kier alpha value is -1.40. The van der Waals surface area contributed by atoms with Crippen molar-refractivity contribution in [2.75, 3.05) is 11.4 Å². The number of carbonyl (C=O) groups is 1. The van der Waals surface area contributed by atoms with Gasteiger partial charge in [-0.15, -0.1) is 0 Å². The molecule has 3 fully saturated rings. The second-order valence-corrected chi connectivity index (χ2v) is 9.13. The van der Waals surface area contributed by atoms with Gasteiger partial charge in [-0.1, -0.05) is 0 Å². The molecular weight excluding hydrogens is 324 g/mol. The molecule has 2 saturated carbocycles. The highest BCUT2D eigenvalue weighted by atomic mass is 32.2. The highest BCUT2D eigenvalue weighted by Crippen LogP contribution is 2.42. The minimum atomic E-state index is -3.47. The number of benzene rings is 1. The maximum atomic E-state index is 13.1. The average molecular weight is 348 g/mol. The molecule has 3 aliphatic rings. The van der Waals surface area contributed by atoms with E-state index in [4.69, 9.17) is 0 Å². The van der Waals surface area contributed by atoms with Gasteiger partial charge in [0.05, 0.1) is 4.90 Å². The summed E-state index contributed by atoms with van der Waals surface area (Å²) in [6.07, 6.45) is 5.65. The number of anilines is 1. The number of hydrogen-bond acceptors (Lipinski definition) is 3. The number of amides is 1. The van der Waals surface area contributed by atoms with Crippen molar-refractivity contribution in [3.63, 3.8) is 0 Å². The minimum Gasteiger partial charge on any atom is -0.312 e. The maximum absolute atomic E-state index is 13.1. The van der Waals surface area contributed by atoms with E-state index in [-0.39, 0.29) is 18.0 Å². The third kappa shape index (κ3) is 2.86. The van der Waals surface area contributed by atoms with Crippen LogP contribution in [0, 0.1) is 5.92 Å². The Bertz CT molecular complexity index is 736. The molecule has 130 valence electrons. The molecule has 6 heteroatoms. The van der Waals surface area contributed by atoms with E-state index >= 15 is 0 Å². The van der Waals surface area contributed by atoms with E-state index in [9.17, 15) is 13.2 Å². The van der Waals surface area contributed by atoms with E-state index in [1.807, 2.05) is 6.92 Å². The number of hydrogen-bond donors (Lipinski definition) is 0. The van der Waals surface area contributed by atoms with Gasteiger partial charge >= 0.3 is 0 Å². The van der Waals surface area contributed by atoms with Crippen molar-refractivity contribution in [3.05, 3.63) is 24.3 Å². The topological polar surface area (TPSA) is 57.7 Å². The van der Waals surface area contributed by atoms with Crippen LogP contribution >= 0.6 is 0 Å². The van der Waals surface area contributed by atoms with Gasteiger partial charge in [0.2, 0.25) is 15.9 Å². The van der Waals surface area contributed by atoms with Gasteiger partial charge < -0.3 is 4.90 Å². The van der Waals surface area contributed by atoms with E-state index in [1.165, 1.54) is 0 Å². The van der Waals surface area contributed by atoms with Crippen LogP contribution < -0.4 is 4.90 Å². The van der Waals surface area contributed by atoms with Gasteiger partial charge in [0, 0.05) is 30.7 Å². The fourth-order valence-electron chi connectivity index (χ4n) is 3.70. The normalized spacial score (nSPS) is 23.1. The predicted octanol–water partition coefficient (Wildman–Crippen LogP) is 2.77. The Balaban J connectivity index is 1.60. The summed E-state index contributed by atoms with van der Waals surface area (Å²) in [7, 11) is -3.47. The lowest BCUT2D eigenvalue weighted by Crippen LogP contribution is -2.41. The quantitative estimate of drug-likeness (QED) is 0.794. The maximum Gasteiger partial charge on any atom is 0.243 e. The van der Waals surface area contributed by atoms with Gasteiger partial charge in [0.25, 0.3) is 0 Å². The monoisotopic (exact) mass is 348 g/mol. The number of rotatable bonds is 6. The van der Waals surface area contributed by atoms with Gasteiger partial charge in [-0.3, -0.25) is 4.79 Å². The lowest BCUT2D eigenvalue weighted by Gasteiger charge is -2.28. The third-order valence-electron chi connectivity index (χ3n) is 5.41. The summed E-state index contributed by atoms with van der Waals surface area (Å²) in [4.78, 5) is 13.9. The van der Waals surface area contributed by atoms with Crippen LogP contribution in [-0.2, 0) is 14.8 Å². The van der Waals surface area contributed by atoms with Crippen molar-refractivity contribution >= 4 is 21.6 Å². The highest BCUT2D eigenvalue weighted by molar-refractivity contribution is 7.89. The van der Waals surface area contributed by atoms with Crippen molar-refractivity contribution in [1.82, 2.24) is 4.31 Å². The average Bonchev–Trinajstić information content (AvgIpc) is 3.46. The fourth-order valence-corrected chi connectivity index (χ4v) is 5.64. The van der Waals surface area contributed by atoms with Crippen molar-refractivity contribution in [1.29, 1.82) is 0 Å². The summed E-state index contributed by atoms with van der Waals surface area (Å²) in [6, 6.07) is 7.11. The van der Waals surface area contributed by atoms with Crippen LogP contribution in [0.3, 0.4) is 0 Å². The Morgan fingerprint density at radius 2 is 1.79 bits per heavy atom. The van der Waals surface area contributed by atoms with Crippen molar-refractivity contribution in [3.8, 4) is 0 Å². The smallest absolute Gasteiger partial charge is 0.243 e. The van der Waals surface area contributed by atoms with Crippen LogP contribution in [0.2, 0.25) is 0 Å². The summed E-state index contributed by atoms with van der Waals surface area (Å²) in [5.41, 5.74) is 0.796. The Labute approximate surface area is 143 Å². The zero-order valence-corrected chi connectivity index (χ0v) is 14.8. The van der Waals surface area contributed by atoms with Crippen molar-refractivity contribution < 1.29 is 13.2 Å². The molecule has 0 radical (unpaired) electrons. The van der Waals surface area contributed by atoms with Gasteiger partial charge in [-0.2, -0.15) is 4.31 Å². The predicted molar refractivity (Wildman–Crippen MR) is 92.3 cm³/mol. The number of sulfonamides is 1. The third-order valence-corrected chi connectivity index (χ3v) is 7.46. The molecule has 0 spiro atoms. The Kier molecular flexibility index (Phi) is 3.92. The molecule has 1 saturated heterocycles. The van der Waals surface area contributed by atoms with Crippen LogP contribution in [0.4, 0.5) is 5.69 Å². The van der Waals surface area contributed by atoms with Gasteiger partial charge in [0.1, 0.15) is 0 Å². The molecule has 1 heterocycles. The standard InChI is InChI=1S/C18H24N2O3S/c1-13(14-4-5-14)20(16-6-7-16)24(22,23)17-10-8-15(9-11-17)19-12-2-3-18(19)21/h8-11,13-14,16H,2-7,12H2,1H3/t13-/m1/s1. The first-order valence-electron chi connectivity index (χ1n) is 8.92. The molecule has 4 rings (SSSR count). The van der Waals surface area contributed by atoms with Crippen LogP contribution in [0.1, 0.15) is 45.4 Å². The molecule has 1 aromatic carbocycles. The largest absolute Gasteiger partial charge is 0.312 e. The zero-order chi connectivity index (χ0) is 16.9. The first-order chi connectivity index (χ1) is 11.5. The molecule has 24 heavy (non-hydrogen) atoms. The summed E-state index contributed by atoms with van der Waals surface area (Å²) in [5.74, 6) is 0.634. The number of carbonyl (C=O) groups excluding carboxylic acids is 1. The van der Waals surface area contributed by atoms with Crippen LogP contribution in [-0.4, -0.2) is 37.3 Å². The summed E-state index contributed by atoms with van der Waals surface area (Å²) in [5, 5.41) is 0. The molecule has 0 bridgehead atoms. The van der Waals surface area contributed by atoms with Crippen LogP contribution in [0.15, 0.2) is 29.2 Å². The SMILES string of the molecule is C[C@H](C1CC1)N(C1CC1)S(=O)(=O)c1ccc(N2CCCC2=O)cc1. The van der Waals surface area contributed by atoms with E-state index in [0.29, 0.717) is 17.2 Å². The Morgan fingerprint density at radius 1 is 1.12 bits per heavy atom. The molecule has 0 aromatic heterocycles. The molecule has 1 amide bonds. The van der Waals surface area contributed by atoms with Gasteiger partial charge in [-0.25, -0.2) is 8.42 Å². The first kappa shape index (κ1) is 16.1. The van der Waals surface area contributed by atoms with Crippen molar-refractivity contribution in [2.24, 2.45) is 5.92 Å². The molecule has 1 aromatic rings. The van der Waals surface area contributed by atoms with E-state index in [1.54, 1.807) is 33.5 Å². The van der Waals surface area contributed by atoms with E-state index in [2.05, 4.69) is 0 Å². The summed E-state index contributed by atoms with van der Waals surface area (Å²) < 4.78 is 28.0. The molecule has 0 unspecified atom stereocenters. The van der Waals surface area contributed by atoms with Gasteiger partial charge in [-0.05, 0) is 69.2 Å². The number of nitrogens with zero attached hydrogens (tertiary/aromatic N) is 2. The van der Waals surface area contributed by atoms with Crippen LogP contribution in [0.25, 0.3) is 0 Å². The molecule has 0 N–H and O–H groups in total. The lowest BCUT2D eigenvalue weighted by atomic mass is 10.2. The molecule has 2 aliphatic carbocycles. The second-order valence-electron chi connectivity index (χ2n) is 7.29. The molecular formula is C18H24N2O3S. The van der Waals surface area contributed by atoms with E-state index < -0.39 is 10.0 Å².